The fourth-order valence-corrected chi connectivity index (χ4v) is 7.75. The van der Waals surface area contributed by atoms with E-state index in [2.05, 4.69) is 0 Å². The Morgan fingerprint density at radius 1 is 1.17 bits per heavy atom. The molecule has 0 aromatic heterocycles. The number of sulfonamides is 1. The lowest BCUT2D eigenvalue weighted by molar-refractivity contribution is 0.0441. The number of carbonyl (C=O) groups excluding carboxylic acids is 1. The second-order valence-electron chi connectivity index (χ2n) is 8.29. The number of amides is 1. The van der Waals surface area contributed by atoms with E-state index < -0.39 is 25.9 Å². The monoisotopic (exact) mass is 456 g/mol. The van der Waals surface area contributed by atoms with Crippen molar-refractivity contribution in [2.75, 3.05) is 37.7 Å². The Hall–Kier alpha value is -1.49. The molecule has 1 amide bonds. The van der Waals surface area contributed by atoms with Gasteiger partial charge in [0, 0.05) is 37.8 Å². The van der Waals surface area contributed by atoms with Crippen LogP contribution in [0.2, 0.25) is 0 Å². The molecule has 8 nitrogen and oxygen atoms in total. The molecule has 3 aliphatic rings. The van der Waals surface area contributed by atoms with Crippen molar-refractivity contribution >= 4 is 25.8 Å². The van der Waals surface area contributed by atoms with E-state index in [4.69, 9.17) is 4.74 Å². The summed E-state index contributed by atoms with van der Waals surface area (Å²) in [5.74, 6) is -0.334. The maximum atomic E-state index is 13.4. The highest BCUT2D eigenvalue weighted by atomic mass is 32.2. The minimum Gasteiger partial charge on any atom is -0.376 e. The quantitative estimate of drug-likeness (QED) is 0.639. The Morgan fingerprint density at radius 2 is 1.93 bits per heavy atom. The zero-order chi connectivity index (χ0) is 21.4. The number of benzene rings is 1. The normalized spacial score (nSPS) is 26.8. The summed E-state index contributed by atoms with van der Waals surface area (Å²) in [6.07, 6.45) is 3.69. The van der Waals surface area contributed by atoms with Crippen LogP contribution in [0.25, 0.3) is 0 Å². The third-order valence-corrected chi connectivity index (χ3v) is 9.76. The number of carbonyl (C=O) groups is 1. The van der Waals surface area contributed by atoms with Gasteiger partial charge in [0.05, 0.1) is 22.5 Å². The highest BCUT2D eigenvalue weighted by Gasteiger charge is 2.37. The number of rotatable bonds is 6. The lowest BCUT2D eigenvalue weighted by Crippen LogP contribution is -2.45. The molecule has 0 N–H and O–H groups in total. The van der Waals surface area contributed by atoms with Crippen LogP contribution in [0.15, 0.2) is 29.2 Å². The van der Waals surface area contributed by atoms with Gasteiger partial charge in [0.2, 0.25) is 10.0 Å². The van der Waals surface area contributed by atoms with Crippen molar-refractivity contribution in [2.24, 2.45) is 0 Å². The van der Waals surface area contributed by atoms with Gasteiger partial charge >= 0.3 is 0 Å². The second-order valence-corrected chi connectivity index (χ2v) is 12.5. The zero-order valence-corrected chi connectivity index (χ0v) is 18.5. The molecule has 0 spiro atoms. The first-order valence-corrected chi connectivity index (χ1v) is 13.8. The summed E-state index contributed by atoms with van der Waals surface area (Å²) in [6, 6.07) is 5.69. The molecule has 3 heterocycles. The van der Waals surface area contributed by atoms with Gasteiger partial charge < -0.3 is 9.64 Å². The van der Waals surface area contributed by atoms with Gasteiger partial charge in [-0.2, -0.15) is 4.31 Å². The van der Waals surface area contributed by atoms with Crippen molar-refractivity contribution in [1.82, 2.24) is 9.21 Å². The molecule has 0 unspecified atom stereocenters. The van der Waals surface area contributed by atoms with Gasteiger partial charge in [0.15, 0.2) is 9.84 Å². The standard InChI is InChI=1S/C20H28N2O6S2/c23-20(16-5-3-7-19(13-16)30(26,27)21-9-1-2-10-21)22(14-18-6-4-11-28-18)17-8-12-29(24,25)15-17/h3,5,7,13,17-18H,1-2,4,6,8-12,14-15H2/t17-,18-/m1/s1. The predicted molar refractivity (Wildman–Crippen MR) is 112 cm³/mol. The number of hydrogen-bond acceptors (Lipinski definition) is 6. The Morgan fingerprint density at radius 3 is 2.57 bits per heavy atom. The number of sulfone groups is 1. The van der Waals surface area contributed by atoms with E-state index in [1.54, 1.807) is 17.0 Å². The van der Waals surface area contributed by atoms with Gasteiger partial charge in [0.25, 0.3) is 5.91 Å². The maximum absolute atomic E-state index is 13.4. The molecule has 1 aromatic carbocycles. The van der Waals surface area contributed by atoms with E-state index in [0.29, 0.717) is 32.7 Å². The first-order chi connectivity index (χ1) is 14.3. The zero-order valence-electron chi connectivity index (χ0n) is 16.9. The summed E-state index contributed by atoms with van der Waals surface area (Å²) < 4.78 is 57.0. The van der Waals surface area contributed by atoms with Crippen molar-refractivity contribution in [2.45, 2.75) is 49.1 Å². The summed E-state index contributed by atoms with van der Waals surface area (Å²) in [5.41, 5.74) is 0.262. The molecule has 166 valence electrons. The number of nitrogens with zero attached hydrogens (tertiary/aromatic N) is 2. The van der Waals surface area contributed by atoms with Gasteiger partial charge in [-0.05, 0) is 50.3 Å². The predicted octanol–water partition coefficient (Wildman–Crippen LogP) is 1.28. The average molecular weight is 457 g/mol. The van der Waals surface area contributed by atoms with Crippen molar-refractivity contribution in [1.29, 1.82) is 0 Å². The smallest absolute Gasteiger partial charge is 0.254 e. The van der Waals surface area contributed by atoms with E-state index in [9.17, 15) is 21.6 Å². The minimum atomic E-state index is -3.64. The fraction of sp³-hybridized carbons (Fsp3) is 0.650. The third-order valence-electron chi connectivity index (χ3n) is 6.12. The Balaban J connectivity index is 1.60. The molecule has 0 radical (unpaired) electrons. The molecular formula is C20H28N2O6S2. The molecule has 1 aromatic rings. The average Bonchev–Trinajstić information content (AvgIpc) is 3.48. The molecule has 10 heteroatoms. The van der Waals surface area contributed by atoms with Crippen LogP contribution in [-0.2, 0) is 24.6 Å². The van der Waals surface area contributed by atoms with Crippen molar-refractivity contribution in [3.8, 4) is 0 Å². The topological polar surface area (TPSA) is 101 Å². The van der Waals surface area contributed by atoms with E-state index in [0.717, 1.165) is 25.7 Å². The van der Waals surface area contributed by atoms with Crippen LogP contribution in [-0.4, -0.2) is 81.8 Å². The molecular weight excluding hydrogens is 428 g/mol. The third kappa shape index (κ3) is 4.56. The van der Waals surface area contributed by atoms with Crippen LogP contribution in [0.1, 0.15) is 42.5 Å². The van der Waals surface area contributed by atoms with Gasteiger partial charge in [-0.15, -0.1) is 0 Å². The summed E-state index contributed by atoms with van der Waals surface area (Å²) in [6.45, 7) is 1.94. The van der Waals surface area contributed by atoms with Crippen LogP contribution < -0.4 is 0 Å². The van der Waals surface area contributed by atoms with Crippen molar-refractivity contribution < 1.29 is 26.4 Å². The van der Waals surface area contributed by atoms with Crippen LogP contribution in [0.4, 0.5) is 0 Å². The lowest BCUT2D eigenvalue weighted by atomic mass is 10.1. The molecule has 3 saturated heterocycles. The summed E-state index contributed by atoms with van der Waals surface area (Å²) in [4.78, 5) is 15.1. The molecule has 2 atom stereocenters. The Kier molecular flexibility index (Phi) is 6.20. The summed E-state index contributed by atoms with van der Waals surface area (Å²) >= 11 is 0. The second kappa shape index (κ2) is 8.57. The lowest BCUT2D eigenvalue weighted by Gasteiger charge is -2.30. The highest BCUT2D eigenvalue weighted by Crippen LogP contribution is 2.25. The summed E-state index contributed by atoms with van der Waals surface area (Å²) in [5, 5.41) is 0. The molecule has 0 aliphatic carbocycles. The molecule has 30 heavy (non-hydrogen) atoms. The SMILES string of the molecule is O=C(c1cccc(S(=O)(=O)N2CCCC2)c1)N(C[C@H]1CCCO1)[C@@H]1CCS(=O)(=O)C1. The van der Waals surface area contributed by atoms with Crippen molar-refractivity contribution in [3.63, 3.8) is 0 Å². The highest BCUT2D eigenvalue weighted by molar-refractivity contribution is 7.91. The van der Waals surface area contributed by atoms with E-state index in [1.165, 1.54) is 16.4 Å². The molecule has 3 fully saturated rings. The van der Waals surface area contributed by atoms with Crippen LogP contribution >= 0.6 is 0 Å². The number of hydrogen-bond donors (Lipinski definition) is 0. The molecule has 3 aliphatic heterocycles. The Bertz CT molecular complexity index is 996. The number of ether oxygens (including phenoxy) is 1. The first-order valence-electron chi connectivity index (χ1n) is 10.5. The van der Waals surface area contributed by atoms with Gasteiger partial charge in [-0.25, -0.2) is 16.8 Å². The van der Waals surface area contributed by atoms with E-state index in [-0.39, 0.29) is 34.0 Å². The minimum absolute atomic E-state index is 0.0583. The van der Waals surface area contributed by atoms with Crippen LogP contribution in [0, 0.1) is 0 Å². The molecule has 0 bridgehead atoms. The van der Waals surface area contributed by atoms with Crippen molar-refractivity contribution in [3.05, 3.63) is 29.8 Å². The fourth-order valence-electron chi connectivity index (χ4n) is 4.46. The van der Waals surface area contributed by atoms with Gasteiger partial charge in [-0.1, -0.05) is 6.07 Å². The van der Waals surface area contributed by atoms with Crippen LogP contribution in [0.5, 0.6) is 0 Å². The van der Waals surface area contributed by atoms with E-state index in [1.807, 2.05) is 0 Å². The largest absolute Gasteiger partial charge is 0.376 e. The first kappa shape index (κ1) is 21.7. The molecule has 4 rings (SSSR count). The van der Waals surface area contributed by atoms with Gasteiger partial charge in [-0.3, -0.25) is 4.79 Å². The molecule has 0 saturated carbocycles. The van der Waals surface area contributed by atoms with Crippen LogP contribution in [0.3, 0.4) is 0 Å². The van der Waals surface area contributed by atoms with E-state index >= 15 is 0 Å². The maximum Gasteiger partial charge on any atom is 0.254 e. The summed E-state index contributed by atoms with van der Waals surface area (Å²) in [7, 11) is -6.81. The Labute approximate surface area is 178 Å². The van der Waals surface area contributed by atoms with Gasteiger partial charge in [0.1, 0.15) is 0 Å².